The van der Waals surface area contributed by atoms with Gasteiger partial charge in [0, 0.05) is 11.1 Å². The smallest absolute Gasteiger partial charge is 0.182 e. The zero-order valence-corrected chi connectivity index (χ0v) is 10.6. The van der Waals surface area contributed by atoms with Crippen molar-refractivity contribution in [3.05, 3.63) is 11.1 Å². The molecule has 0 aliphatic heterocycles. The van der Waals surface area contributed by atoms with E-state index in [-0.39, 0.29) is 11.1 Å². The minimum atomic E-state index is -0.517. The van der Waals surface area contributed by atoms with Gasteiger partial charge in [-0.1, -0.05) is 0 Å². The largest absolute Gasteiger partial charge is 0.504 e. The van der Waals surface area contributed by atoms with Gasteiger partial charge in [-0.15, -0.1) is 0 Å². The van der Waals surface area contributed by atoms with E-state index in [0.29, 0.717) is 27.9 Å². The molecule has 20 heavy (non-hydrogen) atoms. The van der Waals surface area contributed by atoms with Crippen LogP contribution in [-0.4, -0.2) is 20.4 Å². The molecule has 6 nitrogen and oxygen atoms in total. The van der Waals surface area contributed by atoms with Crippen LogP contribution in [0.1, 0.15) is 11.1 Å². The van der Waals surface area contributed by atoms with Crippen LogP contribution in [0.4, 0.5) is 0 Å². The lowest BCUT2D eigenvalue weighted by Gasteiger charge is -2.11. The first-order valence-corrected chi connectivity index (χ1v) is 5.96. The van der Waals surface area contributed by atoms with Gasteiger partial charge < -0.3 is 29.3 Å². The Morgan fingerprint density at radius 2 is 1.00 bits per heavy atom. The molecule has 102 valence electrons. The van der Waals surface area contributed by atoms with Crippen molar-refractivity contribution in [3.8, 4) is 34.1 Å². The van der Waals surface area contributed by atoms with Crippen molar-refractivity contribution in [1.82, 2.24) is 0 Å². The van der Waals surface area contributed by atoms with Crippen LogP contribution in [0.15, 0.2) is 8.83 Å². The molecular weight excluding hydrogens is 264 g/mol. The quantitative estimate of drug-likeness (QED) is 0.314. The summed E-state index contributed by atoms with van der Waals surface area (Å²) >= 11 is 0. The molecule has 2 heterocycles. The molecule has 0 unspecified atom stereocenters. The summed E-state index contributed by atoms with van der Waals surface area (Å²) in [7, 11) is 0. The molecule has 4 aromatic rings. The third-order valence-corrected chi connectivity index (χ3v) is 3.76. The number of aromatic hydroxyl groups is 4. The normalized spacial score (nSPS) is 12.3. The number of hydrogen-bond acceptors (Lipinski definition) is 6. The van der Waals surface area contributed by atoms with Crippen LogP contribution in [0, 0.1) is 13.8 Å². The van der Waals surface area contributed by atoms with E-state index in [9.17, 15) is 20.4 Å². The first kappa shape index (κ1) is 11.1. The van der Waals surface area contributed by atoms with Crippen molar-refractivity contribution in [2.45, 2.75) is 13.8 Å². The predicted octanol–water partition coefficient (Wildman–Crippen LogP) is 3.16. The van der Waals surface area contributed by atoms with E-state index < -0.39 is 23.0 Å². The lowest BCUT2D eigenvalue weighted by atomic mass is 9.98. The zero-order chi connectivity index (χ0) is 14.3. The maximum Gasteiger partial charge on any atom is 0.182 e. The second-order valence-corrected chi connectivity index (χ2v) is 4.92. The van der Waals surface area contributed by atoms with Crippen LogP contribution in [0.3, 0.4) is 0 Å². The Bertz CT molecular complexity index is 887. The molecule has 4 N–H and O–H groups in total. The van der Waals surface area contributed by atoms with E-state index in [1.165, 1.54) is 6.92 Å². The average Bonchev–Trinajstić information content (AvgIpc) is 3.30. The topological polar surface area (TPSA) is 107 Å². The first-order chi connectivity index (χ1) is 9.43. The van der Waals surface area contributed by atoms with E-state index in [2.05, 4.69) is 0 Å². The van der Waals surface area contributed by atoms with E-state index >= 15 is 0 Å². The fourth-order valence-electron chi connectivity index (χ4n) is 2.46. The Balaban J connectivity index is 2.13. The Hall–Kier alpha value is -2.76. The highest BCUT2D eigenvalue weighted by Gasteiger charge is 2.34. The maximum absolute atomic E-state index is 10.1. The summed E-state index contributed by atoms with van der Waals surface area (Å²) in [4.78, 5) is 0. The van der Waals surface area contributed by atoms with E-state index in [0.717, 1.165) is 5.56 Å². The van der Waals surface area contributed by atoms with E-state index in [1.807, 2.05) is 6.92 Å². The molecule has 0 atom stereocenters. The van der Waals surface area contributed by atoms with Crippen LogP contribution in [0.5, 0.6) is 23.0 Å². The van der Waals surface area contributed by atoms with Gasteiger partial charge in [-0.2, -0.15) is 0 Å². The third-order valence-electron chi connectivity index (χ3n) is 3.76. The molecule has 0 saturated carbocycles. The summed E-state index contributed by atoms with van der Waals surface area (Å²) in [6, 6.07) is 0. The highest BCUT2D eigenvalue weighted by Crippen LogP contribution is 2.57. The molecule has 0 aliphatic rings. The highest BCUT2D eigenvalue weighted by molar-refractivity contribution is 6.16. The van der Waals surface area contributed by atoms with E-state index in [4.69, 9.17) is 8.83 Å². The molecule has 0 amide bonds. The Kier molecular flexibility index (Phi) is 1.69. The molecule has 0 bridgehead atoms. The summed E-state index contributed by atoms with van der Waals surface area (Å²) in [6.45, 7) is 3.22. The van der Waals surface area contributed by atoms with Crippen molar-refractivity contribution >= 4 is 22.3 Å². The minimum Gasteiger partial charge on any atom is -0.504 e. The maximum atomic E-state index is 10.1. The molecule has 0 radical (unpaired) electrons. The van der Waals surface area contributed by atoms with Crippen LogP contribution >= 0.6 is 0 Å². The molecular formula is C14H10O6. The van der Waals surface area contributed by atoms with Gasteiger partial charge in [0.05, 0.1) is 11.1 Å². The molecule has 2 aromatic heterocycles. The fourth-order valence-corrected chi connectivity index (χ4v) is 2.46. The van der Waals surface area contributed by atoms with Gasteiger partial charge in [0.25, 0.3) is 0 Å². The first-order valence-electron chi connectivity index (χ1n) is 5.96. The van der Waals surface area contributed by atoms with Crippen molar-refractivity contribution < 1.29 is 29.3 Å². The lowest BCUT2D eigenvalue weighted by Crippen LogP contribution is -1.86. The Morgan fingerprint density at radius 1 is 0.550 bits per heavy atom. The van der Waals surface area contributed by atoms with Gasteiger partial charge in [0.1, 0.15) is 0 Å². The third kappa shape index (κ3) is 1.09. The number of rotatable bonds is 1. The average molecular weight is 274 g/mol. The monoisotopic (exact) mass is 274 g/mol. The standard InChI is InChI=1S/C14H10O6/c1-3-7(15)9(17)5(10(18)8(3)16)6-13-11(19-13)4(2)12-14(6)20-12/h15-18H,1-2H3. The van der Waals surface area contributed by atoms with Crippen molar-refractivity contribution in [1.29, 1.82) is 0 Å². The number of fused-ring (bicyclic) bond motifs is 2. The van der Waals surface area contributed by atoms with Gasteiger partial charge in [-0.25, -0.2) is 0 Å². The minimum absolute atomic E-state index is 0.000241. The van der Waals surface area contributed by atoms with Crippen LogP contribution in [-0.2, 0) is 0 Å². The predicted molar refractivity (Wildman–Crippen MR) is 69.9 cm³/mol. The molecule has 0 saturated heterocycles. The lowest BCUT2D eigenvalue weighted by molar-refractivity contribution is 0.371. The summed E-state index contributed by atoms with van der Waals surface area (Å²) in [5, 5.41) is 39.8. The van der Waals surface area contributed by atoms with Crippen molar-refractivity contribution in [2.24, 2.45) is 0 Å². The van der Waals surface area contributed by atoms with Crippen LogP contribution < -0.4 is 0 Å². The molecule has 6 heteroatoms. The fraction of sp³-hybridized carbons (Fsp3) is 0.143. The van der Waals surface area contributed by atoms with Crippen molar-refractivity contribution in [3.63, 3.8) is 0 Å². The van der Waals surface area contributed by atoms with Crippen molar-refractivity contribution in [2.75, 3.05) is 0 Å². The molecule has 0 fully saturated rings. The second-order valence-electron chi connectivity index (χ2n) is 4.92. The number of phenolic OH excluding ortho intramolecular Hbond substituents is 4. The second kappa shape index (κ2) is 3.04. The SMILES string of the molecule is Cc1c(O)c(O)c(-c2c3oc3c(C)c3oc23)c(O)c1O. The van der Waals surface area contributed by atoms with Gasteiger partial charge in [-0.3, -0.25) is 0 Å². The van der Waals surface area contributed by atoms with Gasteiger partial charge in [0.15, 0.2) is 45.3 Å². The zero-order valence-electron chi connectivity index (χ0n) is 10.6. The summed E-state index contributed by atoms with van der Waals surface area (Å²) in [5.41, 5.74) is 3.34. The van der Waals surface area contributed by atoms with Gasteiger partial charge in [0.2, 0.25) is 0 Å². The Labute approximate surface area is 111 Å². The molecule has 2 aromatic carbocycles. The molecule has 0 aliphatic carbocycles. The Morgan fingerprint density at radius 3 is 1.45 bits per heavy atom. The summed E-state index contributed by atoms with van der Waals surface area (Å²) in [6.07, 6.45) is 0. The van der Waals surface area contributed by atoms with E-state index in [1.54, 1.807) is 0 Å². The molecule has 0 spiro atoms. The molecule has 4 rings (SSSR count). The van der Waals surface area contributed by atoms with Crippen LogP contribution in [0.25, 0.3) is 33.5 Å². The number of hydrogen-bond donors (Lipinski definition) is 4. The highest BCUT2D eigenvalue weighted by atomic mass is 16.4. The van der Waals surface area contributed by atoms with Crippen LogP contribution in [0.2, 0.25) is 0 Å². The van der Waals surface area contributed by atoms with Gasteiger partial charge in [-0.05, 0) is 13.8 Å². The van der Waals surface area contributed by atoms with Gasteiger partial charge >= 0.3 is 0 Å². The summed E-state index contributed by atoms with van der Waals surface area (Å²) in [5.74, 6) is -2.01. The number of phenols is 4. The number of aryl methyl sites for hydroxylation is 1. The summed E-state index contributed by atoms with van der Waals surface area (Å²) < 4.78 is 10.7. The number of benzene rings is 2.